The first-order valence-corrected chi connectivity index (χ1v) is 12.4. The van der Waals surface area contributed by atoms with E-state index < -0.39 is 5.67 Å². The molecule has 6 nitrogen and oxygen atoms in total. The Morgan fingerprint density at radius 1 is 1.23 bits per heavy atom. The molecule has 1 saturated heterocycles. The third kappa shape index (κ3) is 3.46. The van der Waals surface area contributed by atoms with Crippen LogP contribution in [0.5, 0.6) is 0 Å². The van der Waals surface area contributed by atoms with Crippen LogP contribution in [0.25, 0.3) is 11.4 Å². The smallest absolute Gasteiger partial charge is 0.254 e. The van der Waals surface area contributed by atoms with Crippen molar-refractivity contribution in [2.45, 2.75) is 63.6 Å². The summed E-state index contributed by atoms with van der Waals surface area (Å²) >= 11 is 0. The number of hydrogen-bond donors (Lipinski definition) is 1. The highest BCUT2D eigenvalue weighted by Gasteiger charge is 2.57. The predicted molar refractivity (Wildman–Crippen MR) is 129 cm³/mol. The third-order valence-corrected chi connectivity index (χ3v) is 8.36. The van der Waals surface area contributed by atoms with Gasteiger partial charge in [0.15, 0.2) is 5.82 Å². The molecule has 2 aromatic carbocycles. The first kappa shape index (κ1) is 22.0. The first-order valence-electron chi connectivity index (χ1n) is 12.4. The van der Waals surface area contributed by atoms with Crippen molar-refractivity contribution in [1.29, 1.82) is 5.26 Å². The number of carbonyl (C=O) groups excluding carboxylic acids is 1. The average Bonchev–Trinajstić information content (AvgIpc) is 3.52. The number of halogens is 1. The maximum atomic E-state index is 16.1. The van der Waals surface area contributed by atoms with E-state index in [0.717, 1.165) is 29.8 Å². The van der Waals surface area contributed by atoms with E-state index in [1.54, 1.807) is 24.3 Å². The number of nitriles is 1. The fourth-order valence-electron chi connectivity index (χ4n) is 6.20. The summed E-state index contributed by atoms with van der Waals surface area (Å²) in [5.74, 6) is 1.57. The SMILES string of the molecule is Cc1nc(-c2cc(C(=O)N3CC4CC3CC4(F)c3ccc(C#N)cc3)c(C)cc2C2CCC2)n[nH]1. The number of alkyl halides is 1. The lowest BCUT2D eigenvalue weighted by molar-refractivity contribution is 0.0364. The minimum atomic E-state index is -1.46. The Labute approximate surface area is 204 Å². The number of piperidine rings is 1. The first-order chi connectivity index (χ1) is 16.9. The van der Waals surface area contributed by atoms with E-state index in [9.17, 15) is 4.79 Å². The molecule has 6 rings (SSSR count). The van der Waals surface area contributed by atoms with Gasteiger partial charge in [0.2, 0.25) is 0 Å². The Hall–Kier alpha value is -3.53. The second-order valence-corrected chi connectivity index (χ2v) is 10.4. The maximum absolute atomic E-state index is 16.1. The zero-order chi connectivity index (χ0) is 24.3. The van der Waals surface area contributed by atoms with Gasteiger partial charge in [-0.25, -0.2) is 9.37 Å². The van der Waals surface area contributed by atoms with Crippen LogP contribution in [-0.2, 0) is 5.67 Å². The lowest BCUT2D eigenvalue weighted by Gasteiger charge is -2.36. The maximum Gasteiger partial charge on any atom is 0.254 e. The van der Waals surface area contributed by atoms with Crippen LogP contribution >= 0.6 is 0 Å². The van der Waals surface area contributed by atoms with Crippen LogP contribution in [-0.4, -0.2) is 38.6 Å². The van der Waals surface area contributed by atoms with Gasteiger partial charge >= 0.3 is 0 Å². The zero-order valence-electron chi connectivity index (χ0n) is 20.0. The van der Waals surface area contributed by atoms with Crippen molar-refractivity contribution in [3.63, 3.8) is 0 Å². The van der Waals surface area contributed by atoms with Crippen LogP contribution in [0.4, 0.5) is 4.39 Å². The van der Waals surface area contributed by atoms with Gasteiger partial charge in [0.25, 0.3) is 5.91 Å². The average molecular weight is 470 g/mol. The number of nitrogens with one attached hydrogen (secondary N) is 1. The molecule has 178 valence electrons. The van der Waals surface area contributed by atoms with Crippen molar-refractivity contribution < 1.29 is 9.18 Å². The van der Waals surface area contributed by atoms with Gasteiger partial charge in [-0.05, 0) is 73.9 Å². The van der Waals surface area contributed by atoms with Gasteiger partial charge in [0.05, 0.1) is 11.6 Å². The summed E-state index contributed by atoms with van der Waals surface area (Å²) in [6.07, 6.45) is 4.47. The minimum Gasteiger partial charge on any atom is -0.335 e. The van der Waals surface area contributed by atoms with Crippen LogP contribution in [0.3, 0.4) is 0 Å². The zero-order valence-corrected chi connectivity index (χ0v) is 20.0. The molecular weight excluding hydrogens is 441 g/mol. The predicted octanol–water partition coefficient (Wildman–Crippen LogP) is 5.33. The lowest BCUT2D eigenvalue weighted by atomic mass is 9.77. The van der Waals surface area contributed by atoms with Gasteiger partial charge in [-0.15, -0.1) is 0 Å². The van der Waals surface area contributed by atoms with E-state index in [1.165, 1.54) is 12.0 Å². The van der Waals surface area contributed by atoms with Gasteiger partial charge < -0.3 is 4.90 Å². The number of aromatic amines is 1. The van der Waals surface area contributed by atoms with Gasteiger partial charge in [0.1, 0.15) is 11.5 Å². The van der Waals surface area contributed by atoms with E-state index in [2.05, 4.69) is 27.3 Å². The van der Waals surface area contributed by atoms with E-state index in [1.807, 2.05) is 24.8 Å². The molecule has 3 aromatic rings. The number of carbonyl (C=O) groups is 1. The number of rotatable bonds is 4. The van der Waals surface area contributed by atoms with Crippen molar-refractivity contribution >= 4 is 5.91 Å². The fourth-order valence-corrected chi connectivity index (χ4v) is 6.20. The molecule has 7 heteroatoms. The second-order valence-electron chi connectivity index (χ2n) is 10.4. The number of fused-ring (bicyclic) bond motifs is 2. The highest BCUT2D eigenvalue weighted by atomic mass is 19.1. The molecule has 1 N–H and O–H groups in total. The van der Waals surface area contributed by atoms with E-state index in [-0.39, 0.29) is 17.9 Å². The number of aryl methyl sites for hydroxylation is 2. The molecule has 2 saturated carbocycles. The summed E-state index contributed by atoms with van der Waals surface area (Å²) in [4.78, 5) is 20.2. The molecular formula is C28H28FN5O. The number of hydrogen-bond acceptors (Lipinski definition) is 4. The molecule has 3 aliphatic rings. The summed E-state index contributed by atoms with van der Waals surface area (Å²) in [6, 6.07) is 12.8. The highest BCUT2D eigenvalue weighted by molar-refractivity contribution is 5.97. The van der Waals surface area contributed by atoms with Crippen LogP contribution in [0.1, 0.15) is 76.5 Å². The van der Waals surface area contributed by atoms with Gasteiger partial charge in [-0.1, -0.05) is 24.6 Å². The fraction of sp³-hybridized carbons (Fsp3) is 0.429. The molecule has 3 unspecified atom stereocenters. The van der Waals surface area contributed by atoms with Crippen LogP contribution in [0.2, 0.25) is 0 Å². The van der Waals surface area contributed by atoms with E-state index in [4.69, 9.17) is 5.26 Å². The Morgan fingerprint density at radius 2 is 2.00 bits per heavy atom. The topological polar surface area (TPSA) is 85.7 Å². The standard InChI is InChI=1S/C28H28FN5O/c1-16-10-24(19-4-3-5-19)25(26-31-17(2)32-33-26)12-23(16)27(35)34-15-21-11-22(34)13-28(21,29)20-8-6-18(14-30)7-9-20/h6-10,12,19,21-22H,3-5,11,13,15H2,1-2H3,(H,31,32,33). The van der Waals surface area contributed by atoms with Crippen molar-refractivity contribution in [1.82, 2.24) is 20.1 Å². The summed E-state index contributed by atoms with van der Waals surface area (Å²) in [5.41, 5.74) is 3.43. The Morgan fingerprint density at radius 3 is 2.57 bits per heavy atom. The minimum absolute atomic E-state index is 0.0365. The van der Waals surface area contributed by atoms with Gasteiger partial charge in [-0.2, -0.15) is 10.4 Å². The van der Waals surface area contributed by atoms with Gasteiger partial charge in [0, 0.05) is 36.1 Å². The summed E-state index contributed by atoms with van der Waals surface area (Å²) in [5, 5.41) is 16.4. The van der Waals surface area contributed by atoms with Crippen molar-refractivity contribution in [3.8, 4) is 17.5 Å². The molecule has 2 bridgehead atoms. The third-order valence-electron chi connectivity index (χ3n) is 8.36. The largest absolute Gasteiger partial charge is 0.335 e. The molecule has 0 radical (unpaired) electrons. The number of aromatic nitrogens is 3. The van der Waals surface area contributed by atoms with Crippen LogP contribution in [0.15, 0.2) is 36.4 Å². The number of nitrogens with zero attached hydrogens (tertiary/aromatic N) is 4. The molecule has 2 heterocycles. The Bertz CT molecular complexity index is 1350. The monoisotopic (exact) mass is 469 g/mol. The molecule has 1 aromatic heterocycles. The molecule has 1 amide bonds. The molecule has 3 fully saturated rings. The summed E-state index contributed by atoms with van der Waals surface area (Å²) < 4.78 is 16.1. The number of benzene rings is 2. The van der Waals surface area contributed by atoms with Crippen molar-refractivity contribution in [3.05, 3.63) is 70.0 Å². The van der Waals surface area contributed by atoms with Crippen LogP contribution < -0.4 is 0 Å². The van der Waals surface area contributed by atoms with Crippen LogP contribution in [0, 0.1) is 31.1 Å². The highest BCUT2D eigenvalue weighted by Crippen LogP contribution is 2.53. The quantitative estimate of drug-likeness (QED) is 0.560. The normalized spacial score (nSPS) is 25.5. The number of amides is 1. The van der Waals surface area contributed by atoms with E-state index >= 15 is 4.39 Å². The molecule has 35 heavy (non-hydrogen) atoms. The van der Waals surface area contributed by atoms with Gasteiger partial charge in [-0.3, -0.25) is 9.89 Å². The Kier molecular flexibility index (Phi) is 5.03. The molecule has 0 spiro atoms. The summed E-state index contributed by atoms with van der Waals surface area (Å²) in [6.45, 7) is 4.27. The molecule has 3 atom stereocenters. The lowest BCUT2D eigenvalue weighted by Crippen LogP contribution is -2.44. The molecule has 2 aliphatic carbocycles. The second kappa shape index (κ2) is 8.01. The Balaban J connectivity index is 1.29. The molecule has 1 aliphatic heterocycles. The summed E-state index contributed by atoms with van der Waals surface area (Å²) in [7, 11) is 0. The van der Waals surface area contributed by atoms with Crippen molar-refractivity contribution in [2.75, 3.05) is 6.54 Å². The number of likely N-dealkylation sites (tertiary alicyclic amines) is 1. The van der Waals surface area contributed by atoms with Crippen molar-refractivity contribution in [2.24, 2.45) is 5.92 Å². The van der Waals surface area contributed by atoms with E-state index in [0.29, 0.717) is 47.8 Å². The number of H-pyrrole nitrogens is 1.